The summed E-state index contributed by atoms with van der Waals surface area (Å²) in [5.74, 6) is -1.60. The van der Waals surface area contributed by atoms with Gasteiger partial charge in [0.2, 0.25) is 5.91 Å². The Morgan fingerprint density at radius 1 is 1.33 bits per heavy atom. The second kappa shape index (κ2) is 8.09. The molecule has 1 aliphatic rings. The number of rotatable bonds is 6. The number of benzene rings is 1. The van der Waals surface area contributed by atoms with Gasteiger partial charge in [0, 0.05) is 24.2 Å². The normalized spacial score (nSPS) is 16.2. The minimum Gasteiger partial charge on any atom is -0.454 e. The fourth-order valence-corrected chi connectivity index (χ4v) is 2.23. The van der Waals surface area contributed by atoms with Crippen LogP contribution in [-0.4, -0.2) is 42.9 Å². The second-order valence-corrected chi connectivity index (χ2v) is 5.25. The number of anilines is 1. The van der Waals surface area contributed by atoms with Crippen LogP contribution in [-0.2, 0) is 19.1 Å². The van der Waals surface area contributed by atoms with Gasteiger partial charge in [-0.15, -0.1) is 0 Å². The highest BCUT2D eigenvalue weighted by Crippen LogP contribution is 2.11. The fourth-order valence-electron chi connectivity index (χ4n) is 2.23. The first-order valence-electron chi connectivity index (χ1n) is 7.63. The maximum Gasteiger partial charge on any atom is 0.329 e. The van der Waals surface area contributed by atoms with E-state index in [2.05, 4.69) is 16.0 Å². The molecule has 24 heavy (non-hydrogen) atoms. The Kier molecular flexibility index (Phi) is 5.89. The van der Waals surface area contributed by atoms with Gasteiger partial charge in [-0.2, -0.15) is 0 Å². The molecule has 0 aromatic heterocycles. The van der Waals surface area contributed by atoms with E-state index in [-0.39, 0.29) is 18.2 Å². The van der Waals surface area contributed by atoms with Crippen LogP contribution in [0.4, 0.5) is 5.69 Å². The Morgan fingerprint density at radius 2 is 2.12 bits per heavy atom. The number of esters is 1. The first-order valence-corrected chi connectivity index (χ1v) is 7.63. The van der Waals surface area contributed by atoms with Gasteiger partial charge >= 0.3 is 5.97 Å². The van der Waals surface area contributed by atoms with Crippen molar-refractivity contribution in [3.63, 3.8) is 0 Å². The molecule has 0 spiro atoms. The predicted octanol–water partition coefficient (Wildman–Crippen LogP) is 0.197. The Hall–Kier alpha value is -2.90. The third kappa shape index (κ3) is 4.80. The van der Waals surface area contributed by atoms with E-state index in [1.54, 1.807) is 18.2 Å². The Bertz CT molecular complexity index is 659. The van der Waals surface area contributed by atoms with Crippen molar-refractivity contribution in [2.24, 2.45) is 0 Å². The summed E-state index contributed by atoms with van der Waals surface area (Å²) >= 11 is 0. The summed E-state index contributed by atoms with van der Waals surface area (Å²) in [5.41, 5.74) is 0.842. The summed E-state index contributed by atoms with van der Waals surface area (Å²) in [4.78, 5) is 46.3. The molecule has 2 rings (SSSR count). The van der Waals surface area contributed by atoms with Crippen molar-refractivity contribution in [3.8, 4) is 0 Å². The van der Waals surface area contributed by atoms with Gasteiger partial charge in [0.25, 0.3) is 11.8 Å². The first kappa shape index (κ1) is 17.5. The lowest BCUT2D eigenvalue weighted by Gasteiger charge is -2.11. The first-order chi connectivity index (χ1) is 11.5. The van der Waals surface area contributed by atoms with Crippen LogP contribution in [0.5, 0.6) is 0 Å². The lowest BCUT2D eigenvalue weighted by molar-refractivity contribution is -0.149. The summed E-state index contributed by atoms with van der Waals surface area (Å²) in [5, 5.41) is 7.68. The van der Waals surface area contributed by atoms with Gasteiger partial charge in [-0.25, -0.2) is 4.79 Å². The molecule has 1 aromatic carbocycles. The summed E-state index contributed by atoms with van der Waals surface area (Å²) in [6.45, 7) is 1.85. The maximum absolute atomic E-state index is 11.8. The van der Waals surface area contributed by atoms with Crippen molar-refractivity contribution in [1.82, 2.24) is 10.6 Å². The number of carbonyl (C=O) groups is 4. The molecular weight excluding hydrogens is 314 g/mol. The van der Waals surface area contributed by atoms with Crippen LogP contribution >= 0.6 is 0 Å². The molecule has 0 bridgehead atoms. The molecule has 3 amide bonds. The molecular formula is C16H19N3O5. The molecule has 128 valence electrons. The topological polar surface area (TPSA) is 114 Å². The van der Waals surface area contributed by atoms with Crippen molar-refractivity contribution in [3.05, 3.63) is 29.8 Å². The molecule has 1 heterocycles. The highest BCUT2D eigenvalue weighted by Gasteiger charge is 2.28. The van der Waals surface area contributed by atoms with Crippen LogP contribution in [0, 0.1) is 0 Å². The third-order valence-corrected chi connectivity index (χ3v) is 3.37. The second-order valence-electron chi connectivity index (χ2n) is 5.25. The van der Waals surface area contributed by atoms with Crippen molar-refractivity contribution < 1.29 is 23.9 Å². The number of ether oxygens (including phenoxy) is 1. The van der Waals surface area contributed by atoms with Gasteiger partial charge in [-0.05, 0) is 31.5 Å². The number of hydrogen-bond donors (Lipinski definition) is 3. The van der Waals surface area contributed by atoms with E-state index in [4.69, 9.17) is 4.74 Å². The molecule has 1 atom stereocenters. The highest BCUT2D eigenvalue weighted by atomic mass is 16.5. The van der Waals surface area contributed by atoms with E-state index in [1.165, 1.54) is 6.07 Å². The monoisotopic (exact) mass is 333 g/mol. The van der Waals surface area contributed by atoms with Crippen LogP contribution in [0.2, 0.25) is 0 Å². The van der Waals surface area contributed by atoms with Crippen LogP contribution in [0.3, 0.4) is 0 Å². The van der Waals surface area contributed by atoms with Crippen molar-refractivity contribution in [1.29, 1.82) is 0 Å². The molecule has 0 saturated carbocycles. The van der Waals surface area contributed by atoms with E-state index < -0.39 is 24.5 Å². The molecule has 1 aliphatic heterocycles. The number of amides is 3. The molecule has 0 unspecified atom stereocenters. The van der Waals surface area contributed by atoms with Gasteiger partial charge in [-0.1, -0.05) is 6.07 Å². The van der Waals surface area contributed by atoms with Crippen molar-refractivity contribution >= 4 is 29.4 Å². The van der Waals surface area contributed by atoms with Crippen LogP contribution in [0.15, 0.2) is 24.3 Å². The van der Waals surface area contributed by atoms with Gasteiger partial charge in [0.05, 0.1) is 0 Å². The quantitative estimate of drug-likeness (QED) is 0.644. The molecule has 1 fully saturated rings. The minimum atomic E-state index is -0.689. The van der Waals surface area contributed by atoms with Crippen molar-refractivity contribution in [2.45, 2.75) is 25.8 Å². The van der Waals surface area contributed by atoms with Gasteiger partial charge in [0.15, 0.2) is 6.61 Å². The molecule has 1 aromatic rings. The van der Waals surface area contributed by atoms with Gasteiger partial charge < -0.3 is 20.7 Å². The Labute approximate surface area is 138 Å². The van der Waals surface area contributed by atoms with Gasteiger partial charge in [-0.3, -0.25) is 14.4 Å². The molecule has 3 N–H and O–H groups in total. The van der Waals surface area contributed by atoms with Crippen molar-refractivity contribution in [2.75, 3.05) is 18.5 Å². The average Bonchev–Trinajstić information content (AvgIpc) is 3.00. The SMILES string of the molecule is CCNC(=O)c1cccc(NC(=O)COC(=O)[C@H]2CCC(=O)N2)c1. The molecule has 8 nitrogen and oxygen atoms in total. The number of hydrogen-bond acceptors (Lipinski definition) is 5. The zero-order valence-electron chi connectivity index (χ0n) is 13.3. The lowest BCUT2D eigenvalue weighted by Crippen LogP contribution is -2.36. The smallest absolute Gasteiger partial charge is 0.329 e. The lowest BCUT2D eigenvalue weighted by atomic mass is 10.2. The van der Waals surface area contributed by atoms with Crippen LogP contribution in [0.25, 0.3) is 0 Å². The van der Waals surface area contributed by atoms with E-state index in [1.807, 2.05) is 6.92 Å². The molecule has 1 saturated heterocycles. The Morgan fingerprint density at radius 3 is 2.79 bits per heavy atom. The third-order valence-electron chi connectivity index (χ3n) is 3.37. The highest BCUT2D eigenvalue weighted by molar-refractivity contribution is 5.98. The maximum atomic E-state index is 11.8. The summed E-state index contributed by atoms with van der Waals surface area (Å²) < 4.78 is 4.88. The van der Waals surface area contributed by atoms with Gasteiger partial charge in [0.1, 0.15) is 6.04 Å². The van der Waals surface area contributed by atoms with E-state index in [9.17, 15) is 19.2 Å². The minimum absolute atomic E-state index is 0.205. The number of carbonyl (C=O) groups excluding carboxylic acids is 4. The van der Waals surface area contributed by atoms with E-state index in [0.29, 0.717) is 24.2 Å². The fraction of sp³-hybridized carbons (Fsp3) is 0.375. The molecule has 0 aliphatic carbocycles. The van der Waals surface area contributed by atoms with E-state index in [0.717, 1.165) is 0 Å². The summed E-state index contributed by atoms with van der Waals surface area (Å²) in [6.07, 6.45) is 0.645. The average molecular weight is 333 g/mol. The number of nitrogens with one attached hydrogen (secondary N) is 3. The van der Waals surface area contributed by atoms with Crippen LogP contribution < -0.4 is 16.0 Å². The summed E-state index contributed by atoms with van der Waals surface area (Å²) in [6, 6.07) is 5.73. The molecule has 8 heteroatoms. The summed E-state index contributed by atoms with van der Waals surface area (Å²) in [7, 11) is 0. The Balaban J connectivity index is 1.84. The molecule has 0 radical (unpaired) electrons. The zero-order chi connectivity index (χ0) is 17.5. The largest absolute Gasteiger partial charge is 0.454 e. The van der Waals surface area contributed by atoms with E-state index >= 15 is 0 Å². The predicted molar refractivity (Wildman–Crippen MR) is 85.2 cm³/mol. The zero-order valence-corrected chi connectivity index (χ0v) is 13.3. The van der Waals surface area contributed by atoms with Crippen LogP contribution in [0.1, 0.15) is 30.1 Å². The standard InChI is InChI=1S/C16H19N3O5/c1-2-17-15(22)10-4-3-5-11(8-10)18-14(21)9-24-16(23)12-6-7-13(20)19-12/h3-5,8,12H,2,6-7,9H2,1H3,(H,17,22)(H,18,21)(H,19,20)/t12-/m1/s1.